The van der Waals surface area contributed by atoms with Gasteiger partial charge in [-0.2, -0.15) is 4.31 Å². The molecular weight excluding hydrogens is 316 g/mol. The number of hydrogen-bond acceptors (Lipinski definition) is 3. The van der Waals surface area contributed by atoms with Gasteiger partial charge >= 0.3 is 6.09 Å². The Kier molecular flexibility index (Phi) is 4.10. The summed E-state index contributed by atoms with van der Waals surface area (Å²) in [7, 11) is -1.85. The fraction of sp³-hybridized carbons (Fsp3) is 0.562. The van der Waals surface area contributed by atoms with E-state index in [2.05, 4.69) is 0 Å². The molecule has 1 amide bonds. The summed E-state index contributed by atoms with van der Waals surface area (Å²) in [5, 5.41) is 9.07. The molecule has 1 unspecified atom stereocenters. The van der Waals surface area contributed by atoms with Crippen LogP contribution in [0.3, 0.4) is 0 Å². The minimum atomic E-state index is -3.50. The molecule has 1 saturated carbocycles. The van der Waals surface area contributed by atoms with Crippen molar-refractivity contribution in [1.29, 1.82) is 0 Å². The normalized spacial score (nSPS) is 23.7. The van der Waals surface area contributed by atoms with Gasteiger partial charge in [-0.25, -0.2) is 13.2 Å². The molecule has 7 heteroatoms. The molecule has 0 bridgehead atoms. The number of nitrogens with zero attached hydrogens (tertiary/aromatic N) is 2. The lowest BCUT2D eigenvalue weighted by atomic mass is 9.59. The minimum Gasteiger partial charge on any atom is -0.465 e. The highest BCUT2D eigenvalue weighted by Crippen LogP contribution is 2.52. The largest absolute Gasteiger partial charge is 0.465 e. The average molecular weight is 338 g/mol. The van der Waals surface area contributed by atoms with Crippen molar-refractivity contribution in [2.45, 2.75) is 36.6 Å². The number of amides is 1. The highest BCUT2D eigenvalue weighted by molar-refractivity contribution is 7.89. The van der Waals surface area contributed by atoms with Crippen molar-refractivity contribution in [3.8, 4) is 0 Å². The van der Waals surface area contributed by atoms with Crippen molar-refractivity contribution in [3.63, 3.8) is 0 Å². The molecule has 1 aromatic carbocycles. The maximum atomic E-state index is 12.8. The molecule has 1 N–H and O–H groups in total. The van der Waals surface area contributed by atoms with Crippen LogP contribution in [-0.2, 0) is 10.0 Å². The fourth-order valence-electron chi connectivity index (χ4n) is 3.90. The minimum absolute atomic E-state index is 0.0383. The van der Waals surface area contributed by atoms with Gasteiger partial charge in [0, 0.05) is 26.2 Å². The van der Waals surface area contributed by atoms with Gasteiger partial charge in [0.15, 0.2) is 0 Å². The number of piperidine rings is 1. The molecule has 3 rings (SSSR count). The van der Waals surface area contributed by atoms with Crippen LogP contribution in [0.25, 0.3) is 0 Å². The molecule has 1 saturated heterocycles. The quantitative estimate of drug-likeness (QED) is 0.917. The summed E-state index contributed by atoms with van der Waals surface area (Å²) in [4.78, 5) is 12.8. The molecule has 23 heavy (non-hydrogen) atoms. The van der Waals surface area contributed by atoms with Crippen molar-refractivity contribution >= 4 is 16.1 Å². The van der Waals surface area contributed by atoms with E-state index in [4.69, 9.17) is 5.11 Å². The van der Waals surface area contributed by atoms with Crippen molar-refractivity contribution < 1.29 is 18.3 Å². The van der Waals surface area contributed by atoms with Gasteiger partial charge in [-0.15, -0.1) is 0 Å². The van der Waals surface area contributed by atoms with Crippen LogP contribution in [0.5, 0.6) is 0 Å². The summed E-state index contributed by atoms with van der Waals surface area (Å²) >= 11 is 0. The van der Waals surface area contributed by atoms with Crippen LogP contribution >= 0.6 is 0 Å². The zero-order chi connectivity index (χ0) is 16.7. The van der Waals surface area contributed by atoms with Gasteiger partial charge in [-0.05, 0) is 43.2 Å². The van der Waals surface area contributed by atoms with Gasteiger partial charge in [-0.1, -0.05) is 18.2 Å². The molecule has 1 atom stereocenters. The van der Waals surface area contributed by atoms with Gasteiger partial charge in [-0.3, -0.25) is 0 Å². The number of rotatable bonds is 3. The first-order chi connectivity index (χ1) is 10.9. The Morgan fingerprint density at radius 1 is 1.22 bits per heavy atom. The first-order valence-corrected chi connectivity index (χ1v) is 9.32. The Balaban J connectivity index is 1.76. The average Bonchev–Trinajstić information content (AvgIpc) is 2.54. The van der Waals surface area contributed by atoms with E-state index in [9.17, 15) is 13.2 Å². The number of sulfonamides is 1. The van der Waals surface area contributed by atoms with Crippen LogP contribution in [-0.4, -0.2) is 55.0 Å². The van der Waals surface area contributed by atoms with Crippen LogP contribution in [0.2, 0.25) is 0 Å². The van der Waals surface area contributed by atoms with E-state index in [1.54, 1.807) is 37.4 Å². The highest BCUT2D eigenvalue weighted by atomic mass is 32.2. The van der Waals surface area contributed by atoms with E-state index < -0.39 is 16.1 Å². The van der Waals surface area contributed by atoms with Gasteiger partial charge in [0.1, 0.15) is 0 Å². The standard InChI is InChI=1S/C16H22N2O4S/c1-17(23(21,22)13-5-3-2-4-6-13)14-7-8-16(14)9-11-18(12-10-16)15(19)20/h2-6,14H,7-12H2,1H3,(H,19,20). The lowest BCUT2D eigenvalue weighted by molar-refractivity contribution is -0.0285. The molecule has 1 heterocycles. The topological polar surface area (TPSA) is 77.9 Å². The Bertz CT molecular complexity index is 681. The van der Waals surface area contributed by atoms with Crippen LogP contribution in [0.15, 0.2) is 35.2 Å². The molecule has 1 aromatic rings. The zero-order valence-corrected chi connectivity index (χ0v) is 14.0. The van der Waals surface area contributed by atoms with Crippen molar-refractivity contribution in [1.82, 2.24) is 9.21 Å². The monoisotopic (exact) mass is 338 g/mol. The molecule has 1 spiro atoms. The predicted molar refractivity (Wildman–Crippen MR) is 85.7 cm³/mol. The molecule has 0 radical (unpaired) electrons. The second-order valence-electron chi connectivity index (χ2n) is 6.52. The molecule has 1 aliphatic carbocycles. The van der Waals surface area contributed by atoms with Crippen LogP contribution in [0, 0.1) is 5.41 Å². The Morgan fingerprint density at radius 3 is 2.30 bits per heavy atom. The first kappa shape index (κ1) is 16.3. The summed E-state index contributed by atoms with van der Waals surface area (Å²) in [5.74, 6) is 0. The summed E-state index contributed by atoms with van der Waals surface area (Å²) in [6.45, 7) is 0.982. The van der Waals surface area contributed by atoms with Gasteiger partial charge in [0.25, 0.3) is 0 Å². The maximum Gasteiger partial charge on any atom is 0.407 e. The van der Waals surface area contributed by atoms with E-state index in [1.165, 1.54) is 9.21 Å². The molecule has 0 aromatic heterocycles. The molecule has 2 fully saturated rings. The number of hydrogen-bond donors (Lipinski definition) is 1. The third-order valence-electron chi connectivity index (χ3n) is 5.51. The molecule has 2 aliphatic rings. The molecular formula is C16H22N2O4S. The second kappa shape index (κ2) is 5.79. The first-order valence-electron chi connectivity index (χ1n) is 7.88. The fourth-order valence-corrected chi connectivity index (χ4v) is 5.40. The second-order valence-corrected chi connectivity index (χ2v) is 8.52. The molecule has 126 valence electrons. The van der Waals surface area contributed by atoms with E-state index in [1.807, 2.05) is 0 Å². The number of benzene rings is 1. The summed E-state index contributed by atoms with van der Waals surface area (Å²) in [5.41, 5.74) is -0.0669. The third kappa shape index (κ3) is 2.72. The summed E-state index contributed by atoms with van der Waals surface area (Å²) < 4.78 is 27.1. The van der Waals surface area contributed by atoms with Crippen LogP contribution in [0.1, 0.15) is 25.7 Å². The van der Waals surface area contributed by atoms with Crippen LogP contribution < -0.4 is 0 Å². The number of carbonyl (C=O) groups is 1. The highest BCUT2D eigenvalue weighted by Gasteiger charge is 2.52. The van der Waals surface area contributed by atoms with Gasteiger partial charge < -0.3 is 10.0 Å². The molecule has 1 aliphatic heterocycles. The van der Waals surface area contributed by atoms with Crippen LogP contribution in [0.4, 0.5) is 4.79 Å². The Hall–Kier alpha value is -1.60. The lowest BCUT2D eigenvalue weighted by Gasteiger charge is -2.55. The van der Waals surface area contributed by atoms with Gasteiger partial charge in [0.2, 0.25) is 10.0 Å². The smallest absolute Gasteiger partial charge is 0.407 e. The number of likely N-dealkylation sites (tertiary alicyclic amines) is 1. The Morgan fingerprint density at radius 2 is 1.83 bits per heavy atom. The van der Waals surface area contributed by atoms with Crippen molar-refractivity contribution in [2.24, 2.45) is 5.41 Å². The van der Waals surface area contributed by atoms with E-state index in [0.717, 1.165) is 25.7 Å². The summed E-state index contributed by atoms with van der Waals surface area (Å²) in [6, 6.07) is 8.44. The van der Waals surface area contributed by atoms with Gasteiger partial charge in [0.05, 0.1) is 4.90 Å². The van der Waals surface area contributed by atoms with E-state index >= 15 is 0 Å². The van der Waals surface area contributed by atoms with E-state index in [-0.39, 0.29) is 11.5 Å². The third-order valence-corrected chi connectivity index (χ3v) is 7.39. The maximum absolute atomic E-state index is 12.8. The zero-order valence-electron chi connectivity index (χ0n) is 13.2. The number of carboxylic acid groups (broad SMARTS) is 1. The van der Waals surface area contributed by atoms with Crippen molar-refractivity contribution in [3.05, 3.63) is 30.3 Å². The summed E-state index contributed by atoms with van der Waals surface area (Å²) in [6.07, 6.45) is 2.40. The molecule has 6 nitrogen and oxygen atoms in total. The SMILES string of the molecule is CN(C1CCC12CCN(C(=O)O)CC2)S(=O)(=O)c1ccccc1. The van der Waals surface area contributed by atoms with Crippen molar-refractivity contribution in [2.75, 3.05) is 20.1 Å². The lowest BCUT2D eigenvalue weighted by Crippen LogP contribution is -2.59. The Labute approximate surface area is 136 Å². The predicted octanol–water partition coefficient (Wildman–Crippen LogP) is 2.23. The van der Waals surface area contributed by atoms with E-state index in [0.29, 0.717) is 18.0 Å².